The molecule has 0 amide bonds. The first kappa shape index (κ1) is 13.6. The molecule has 1 unspecified atom stereocenters. The molecule has 0 radical (unpaired) electrons. The molecule has 0 aliphatic rings. The lowest BCUT2D eigenvalue weighted by atomic mass is 10.1. The monoisotopic (exact) mass is 241 g/mol. The standard InChI is InChI=1S/C11H19N3O3/c1-7(2)8(3)14-10(6-17-4)9(12-13-14)5-11(15)16/h7-8H,5-6H2,1-4H3,(H,15,16). The van der Waals surface area contributed by atoms with E-state index in [2.05, 4.69) is 24.2 Å². The molecule has 0 aliphatic carbocycles. The third-order valence-corrected chi connectivity index (χ3v) is 2.82. The Balaban J connectivity index is 3.05. The maximum atomic E-state index is 10.7. The van der Waals surface area contributed by atoms with Crippen LogP contribution in [0, 0.1) is 5.92 Å². The van der Waals surface area contributed by atoms with Crippen LogP contribution in [0.4, 0.5) is 0 Å². The van der Waals surface area contributed by atoms with Crippen molar-refractivity contribution in [2.75, 3.05) is 7.11 Å². The van der Waals surface area contributed by atoms with Crippen LogP contribution < -0.4 is 0 Å². The highest BCUT2D eigenvalue weighted by Crippen LogP contribution is 2.20. The number of methoxy groups -OCH3 is 1. The number of aromatic nitrogens is 3. The molecule has 0 saturated heterocycles. The van der Waals surface area contributed by atoms with Crippen LogP contribution in [0.15, 0.2) is 0 Å². The van der Waals surface area contributed by atoms with Crippen LogP contribution in [0.5, 0.6) is 0 Å². The third-order valence-electron chi connectivity index (χ3n) is 2.82. The molecule has 0 aromatic carbocycles. The number of hydrogen-bond donors (Lipinski definition) is 1. The molecule has 0 saturated carbocycles. The van der Waals surface area contributed by atoms with Gasteiger partial charge in [-0.15, -0.1) is 5.10 Å². The number of rotatable bonds is 6. The molecule has 6 nitrogen and oxygen atoms in total. The lowest BCUT2D eigenvalue weighted by Crippen LogP contribution is -2.17. The van der Waals surface area contributed by atoms with E-state index in [1.54, 1.807) is 11.8 Å². The van der Waals surface area contributed by atoms with E-state index in [4.69, 9.17) is 9.84 Å². The van der Waals surface area contributed by atoms with E-state index >= 15 is 0 Å². The number of carboxylic acid groups (broad SMARTS) is 1. The van der Waals surface area contributed by atoms with Crippen molar-refractivity contribution in [3.8, 4) is 0 Å². The minimum atomic E-state index is -0.911. The van der Waals surface area contributed by atoms with Crippen molar-refractivity contribution >= 4 is 5.97 Å². The van der Waals surface area contributed by atoms with Crippen molar-refractivity contribution in [2.45, 2.75) is 39.8 Å². The van der Waals surface area contributed by atoms with Crippen LogP contribution in [0.1, 0.15) is 38.2 Å². The van der Waals surface area contributed by atoms with Gasteiger partial charge in [-0.1, -0.05) is 19.1 Å². The molecular formula is C11H19N3O3. The predicted octanol–water partition coefficient (Wildman–Crippen LogP) is 1.27. The quantitative estimate of drug-likeness (QED) is 0.811. The highest BCUT2D eigenvalue weighted by atomic mass is 16.5. The smallest absolute Gasteiger partial charge is 0.309 e. The van der Waals surface area contributed by atoms with Crippen molar-refractivity contribution in [1.29, 1.82) is 0 Å². The first-order chi connectivity index (χ1) is 7.97. The summed E-state index contributed by atoms with van der Waals surface area (Å²) in [7, 11) is 1.57. The fourth-order valence-electron chi connectivity index (χ4n) is 1.52. The number of carbonyl (C=O) groups is 1. The summed E-state index contributed by atoms with van der Waals surface area (Å²) in [5.74, 6) is -0.517. The van der Waals surface area contributed by atoms with E-state index in [-0.39, 0.29) is 12.5 Å². The molecule has 1 rings (SSSR count). The number of ether oxygens (including phenoxy) is 1. The average molecular weight is 241 g/mol. The summed E-state index contributed by atoms with van der Waals surface area (Å²) >= 11 is 0. The van der Waals surface area contributed by atoms with Gasteiger partial charge in [0.15, 0.2) is 0 Å². The molecule has 0 bridgehead atoms. The summed E-state index contributed by atoms with van der Waals surface area (Å²) in [5.41, 5.74) is 1.22. The van der Waals surface area contributed by atoms with Gasteiger partial charge in [0.2, 0.25) is 0 Å². The van der Waals surface area contributed by atoms with Gasteiger partial charge in [0.25, 0.3) is 0 Å². The minimum absolute atomic E-state index is 0.122. The molecule has 1 aromatic rings. The zero-order chi connectivity index (χ0) is 13.0. The number of hydrogen-bond acceptors (Lipinski definition) is 4. The van der Waals surface area contributed by atoms with Crippen molar-refractivity contribution in [3.63, 3.8) is 0 Å². The largest absolute Gasteiger partial charge is 0.481 e. The molecule has 0 spiro atoms. The zero-order valence-electron chi connectivity index (χ0n) is 10.7. The van der Waals surface area contributed by atoms with E-state index in [0.29, 0.717) is 18.2 Å². The van der Waals surface area contributed by atoms with Gasteiger partial charge in [-0.3, -0.25) is 4.79 Å². The molecule has 17 heavy (non-hydrogen) atoms. The Bertz CT molecular complexity index is 387. The summed E-state index contributed by atoms with van der Waals surface area (Å²) in [4.78, 5) is 10.7. The molecule has 1 atom stereocenters. The maximum Gasteiger partial charge on any atom is 0.309 e. The second-order valence-corrected chi connectivity index (χ2v) is 4.42. The molecule has 0 fully saturated rings. The van der Waals surface area contributed by atoms with Gasteiger partial charge < -0.3 is 9.84 Å². The fourth-order valence-corrected chi connectivity index (χ4v) is 1.52. The Morgan fingerprint density at radius 1 is 1.47 bits per heavy atom. The second-order valence-electron chi connectivity index (χ2n) is 4.42. The molecule has 0 aliphatic heterocycles. The number of nitrogens with zero attached hydrogens (tertiary/aromatic N) is 3. The van der Waals surface area contributed by atoms with Gasteiger partial charge in [-0.05, 0) is 12.8 Å². The van der Waals surface area contributed by atoms with Crippen molar-refractivity contribution in [1.82, 2.24) is 15.0 Å². The van der Waals surface area contributed by atoms with Gasteiger partial charge in [0.05, 0.1) is 30.5 Å². The zero-order valence-corrected chi connectivity index (χ0v) is 10.7. The average Bonchev–Trinajstić information content (AvgIpc) is 2.60. The number of carboxylic acids is 1. The van der Waals surface area contributed by atoms with Gasteiger partial charge >= 0.3 is 5.97 Å². The Kier molecular flexibility index (Phi) is 4.62. The lowest BCUT2D eigenvalue weighted by Gasteiger charge is -2.18. The van der Waals surface area contributed by atoms with E-state index < -0.39 is 5.97 Å². The van der Waals surface area contributed by atoms with Crippen LogP contribution in [0.2, 0.25) is 0 Å². The summed E-state index contributed by atoms with van der Waals surface area (Å²) < 4.78 is 6.84. The van der Waals surface area contributed by atoms with Crippen LogP contribution in [0.3, 0.4) is 0 Å². The van der Waals surface area contributed by atoms with Gasteiger partial charge in [0.1, 0.15) is 0 Å². The molecular weight excluding hydrogens is 222 g/mol. The summed E-state index contributed by atoms with van der Waals surface area (Å²) in [6.07, 6.45) is -0.122. The summed E-state index contributed by atoms with van der Waals surface area (Å²) in [5, 5.41) is 16.8. The van der Waals surface area contributed by atoms with Crippen LogP contribution in [0.25, 0.3) is 0 Å². The van der Waals surface area contributed by atoms with Crippen LogP contribution in [-0.4, -0.2) is 33.2 Å². The fraction of sp³-hybridized carbons (Fsp3) is 0.727. The summed E-state index contributed by atoms with van der Waals surface area (Å²) in [6, 6.07) is 0.162. The molecule has 6 heteroatoms. The van der Waals surface area contributed by atoms with E-state index in [1.165, 1.54) is 0 Å². The highest BCUT2D eigenvalue weighted by molar-refractivity contribution is 5.69. The Hall–Kier alpha value is -1.43. The van der Waals surface area contributed by atoms with Crippen molar-refractivity contribution in [2.24, 2.45) is 5.92 Å². The molecule has 1 aromatic heterocycles. The van der Waals surface area contributed by atoms with Gasteiger partial charge in [0, 0.05) is 7.11 Å². The molecule has 96 valence electrons. The van der Waals surface area contributed by atoms with E-state index in [1.807, 2.05) is 6.92 Å². The topological polar surface area (TPSA) is 77.2 Å². The first-order valence-corrected chi connectivity index (χ1v) is 5.61. The Morgan fingerprint density at radius 3 is 2.59 bits per heavy atom. The lowest BCUT2D eigenvalue weighted by molar-refractivity contribution is -0.136. The Labute approximate surface area is 101 Å². The van der Waals surface area contributed by atoms with Gasteiger partial charge in [-0.25, -0.2) is 4.68 Å². The number of aliphatic carboxylic acids is 1. The van der Waals surface area contributed by atoms with Crippen molar-refractivity contribution < 1.29 is 14.6 Å². The van der Waals surface area contributed by atoms with E-state index in [0.717, 1.165) is 5.69 Å². The second kappa shape index (κ2) is 5.77. The third kappa shape index (κ3) is 3.26. The van der Waals surface area contributed by atoms with Crippen molar-refractivity contribution in [3.05, 3.63) is 11.4 Å². The maximum absolute atomic E-state index is 10.7. The molecule has 1 N–H and O–H groups in total. The minimum Gasteiger partial charge on any atom is -0.481 e. The first-order valence-electron chi connectivity index (χ1n) is 5.61. The SMILES string of the molecule is COCc1c(CC(=O)O)nnn1C(C)C(C)C. The van der Waals surface area contributed by atoms with E-state index in [9.17, 15) is 4.79 Å². The molecule has 1 heterocycles. The van der Waals surface area contributed by atoms with Crippen LogP contribution in [-0.2, 0) is 22.6 Å². The summed E-state index contributed by atoms with van der Waals surface area (Å²) in [6.45, 7) is 6.52. The van der Waals surface area contributed by atoms with Crippen LogP contribution >= 0.6 is 0 Å². The predicted molar refractivity (Wildman–Crippen MR) is 61.6 cm³/mol. The normalized spacial score (nSPS) is 13.0. The van der Waals surface area contributed by atoms with Gasteiger partial charge in [-0.2, -0.15) is 0 Å². The highest BCUT2D eigenvalue weighted by Gasteiger charge is 2.20. The Morgan fingerprint density at radius 2 is 2.12 bits per heavy atom.